The van der Waals surface area contributed by atoms with E-state index in [-0.39, 0.29) is 18.0 Å². The fourth-order valence-electron chi connectivity index (χ4n) is 4.06. The van der Waals surface area contributed by atoms with Crippen LogP contribution in [0, 0.1) is 12.8 Å². The van der Waals surface area contributed by atoms with Gasteiger partial charge in [-0.05, 0) is 42.3 Å². The lowest BCUT2D eigenvalue weighted by molar-refractivity contribution is -0.130. The Balaban J connectivity index is 1.59. The molecule has 182 valence electrons. The fourth-order valence-corrected chi connectivity index (χ4v) is 5.90. The molecular formula is C28H29NO5S. The zero-order chi connectivity index (χ0) is 24.8. The summed E-state index contributed by atoms with van der Waals surface area (Å²) in [6.45, 7) is 2.61. The van der Waals surface area contributed by atoms with E-state index in [9.17, 15) is 13.2 Å². The molecule has 2 atom stereocenters. The van der Waals surface area contributed by atoms with E-state index in [0.29, 0.717) is 12.4 Å². The van der Waals surface area contributed by atoms with Gasteiger partial charge in [-0.3, -0.25) is 4.79 Å². The van der Waals surface area contributed by atoms with Crippen molar-refractivity contribution in [1.82, 2.24) is 4.90 Å². The molecule has 2 unspecified atom stereocenters. The highest BCUT2D eigenvalue weighted by molar-refractivity contribution is 7.92. The molecule has 6 nitrogen and oxygen atoms in total. The first-order valence-electron chi connectivity index (χ1n) is 11.4. The number of hydrogen-bond donors (Lipinski definition) is 0. The lowest BCUT2D eigenvalue weighted by atomic mass is 10.0. The summed E-state index contributed by atoms with van der Waals surface area (Å²) in [5.41, 5.74) is 2.80. The normalized spacial score (nSPS) is 18.0. The van der Waals surface area contributed by atoms with Gasteiger partial charge in [0.05, 0.1) is 31.8 Å². The van der Waals surface area contributed by atoms with Gasteiger partial charge in [0, 0.05) is 12.1 Å². The lowest BCUT2D eigenvalue weighted by Gasteiger charge is -2.33. The highest BCUT2D eigenvalue weighted by Crippen LogP contribution is 2.30. The SMILES string of the molecule is COc1ccc(CN2C=CC(COCc3ccccc3)C(S(=O)(=O)c3ccc(C)cc3)C2=O)cc1. The number of carbonyl (C=O) groups excluding carboxylic acids is 1. The van der Waals surface area contributed by atoms with Crippen LogP contribution in [-0.2, 0) is 32.5 Å². The molecular weight excluding hydrogens is 462 g/mol. The van der Waals surface area contributed by atoms with Crippen LogP contribution in [0.4, 0.5) is 0 Å². The number of aryl methyl sites for hydroxylation is 1. The number of sulfone groups is 1. The molecule has 0 aliphatic carbocycles. The first-order valence-corrected chi connectivity index (χ1v) is 13.0. The van der Waals surface area contributed by atoms with E-state index < -0.39 is 26.9 Å². The van der Waals surface area contributed by atoms with Crippen LogP contribution in [0.25, 0.3) is 0 Å². The van der Waals surface area contributed by atoms with Gasteiger partial charge in [-0.15, -0.1) is 0 Å². The summed E-state index contributed by atoms with van der Waals surface area (Å²) >= 11 is 0. The Morgan fingerprint density at radius 1 is 0.886 bits per heavy atom. The number of benzene rings is 3. The van der Waals surface area contributed by atoms with E-state index in [1.54, 1.807) is 43.7 Å². The maximum absolute atomic E-state index is 13.7. The van der Waals surface area contributed by atoms with Gasteiger partial charge in [0.25, 0.3) is 0 Å². The molecule has 1 amide bonds. The van der Waals surface area contributed by atoms with E-state index in [0.717, 1.165) is 16.7 Å². The van der Waals surface area contributed by atoms with Crippen molar-refractivity contribution < 1.29 is 22.7 Å². The second-order valence-corrected chi connectivity index (χ2v) is 10.7. The summed E-state index contributed by atoms with van der Waals surface area (Å²) in [6, 6.07) is 23.6. The topological polar surface area (TPSA) is 72.9 Å². The average molecular weight is 492 g/mol. The molecule has 0 aromatic heterocycles. The first kappa shape index (κ1) is 24.7. The number of hydrogen-bond acceptors (Lipinski definition) is 5. The minimum atomic E-state index is -3.95. The number of rotatable bonds is 9. The number of ether oxygens (including phenoxy) is 2. The Hall–Kier alpha value is -3.42. The van der Waals surface area contributed by atoms with Crippen molar-refractivity contribution in [2.45, 2.75) is 30.2 Å². The Labute approximate surface area is 206 Å². The minimum absolute atomic E-state index is 0.114. The van der Waals surface area contributed by atoms with Gasteiger partial charge < -0.3 is 14.4 Å². The largest absolute Gasteiger partial charge is 0.497 e. The van der Waals surface area contributed by atoms with Gasteiger partial charge in [0.2, 0.25) is 5.91 Å². The van der Waals surface area contributed by atoms with Crippen molar-refractivity contribution in [1.29, 1.82) is 0 Å². The summed E-state index contributed by atoms with van der Waals surface area (Å²) in [5, 5.41) is -1.27. The van der Waals surface area contributed by atoms with Crippen molar-refractivity contribution in [2.75, 3.05) is 13.7 Å². The molecule has 0 spiro atoms. The molecule has 1 heterocycles. The Morgan fingerprint density at radius 3 is 2.23 bits per heavy atom. The van der Waals surface area contributed by atoms with Crippen LogP contribution < -0.4 is 4.74 Å². The zero-order valence-electron chi connectivity index (χ0n) is 19.8. The molecule has 3 aromatic rings. The summed E-state index contributed by atoms with van der Waals surface area (Å²) in [6.07, 6.45) is 3.44. The molecule has 0 bridgehead atoms. The van der Waals surface area contributed by atoms with E-state index in [2.05, 4.69) is 0 Å². The number of amides is 1. The molecule has 4 rings (SSSR count). The molecule has 1 aliphatic heterocycles. The number of carbonyl (C=O) groups is 1. The smallest absolute Gasteiger partial charge is 0.246 e. The Kier molecular flexibility index (Phi) is 7.68. The second kappa shape index (κ2) is 10.9. The molecule has 0 radical (unpaired) electrons. The number of methoxy groups -OCH3 is 1. The molecule has 3 aromatic carbocycles. The van der Waals surface area contributed by atoms with Crippen LogP contribution in [0.2, 0.25) is 0 Å². The maximum atomic E-state index is 13.7. The zero-order valence-corrected chi connectivity index (χ0v) is 20.6. The quantitative estimate of drug-likeness (QED) is 0.440. The minimum Gasteiger partial charge on any atom is -0.497 e. The molecule has 0 saturated carbocycles. The highest BCUT2D eigenvalue weighted by Gasteiger charge is 2.43. The van der Waals surface area contributed by atoms with Crippen LogP contribution >= 0.6 is 0 Å². The standard InChI is InChI=1S/C28H29NO5S/c1-21-8-14-26(15-9-21)35(31,32)27-24(20-34-19-23-6-4-3-5-7-23)16-17-29(28(27)30)18-22-10-12-25(33-2)13-11-22/h3-17,24,27H,18-20H2,1-2H3. The van der Waals surface area contributed by atoms with Crippen molar-refractivity contribution in [3.8, 4) is 5.75 Å². The second-order valence-electron chi connectivity index (χ2n) is 8.60. The molecule has 0 fully saturated rings. The fraction of sp³-hybridized carbons (Fsp3) is 0.250. The predicted molar refractivity (Wildman–Crippen MR) is 134 cm³/mol. The summed E-state index contributed by atoms with van der Waals surface area (Å²) in [5.74, 6) is -0.355. The van der Waals surface area contributed by atoms with Crippen molar-refractivity contribution >= 4 is 15.7 Å². The van der Waals surface area contributed by atoms with E-state index >= 15 is 0 Å². The Bertz CT molecular complexity index is 1270. The molecule has 35 heavy (non-hydrogen) atoms. The average Bonchev–Trinajstić information content (AvgIpc) is 2.87. The summed E-state index contributed by atoms with van der Waals surface area (Å²) < 4.78 is 38.4. The summed E-state index contributed by atoms with van der Waals surface area (Å²) in [4.78, 5) is 15.2. The molecule has 0 N–H and O–H groups in total. The third kappa shape index (κ3) is 5.81. The first-order chi connectivity index (χ1) is 16.9. The third-order valence-corrected chi connectivity index (χ3v) is 8.20. The van der Waals surface area contributed by atoms with Gasteiger partial charge >= 0.3 is 0 Å². The van der Waals surface area contributed by atoms with Crippen LogP contribution in [0.5, 0.6) is 5.75 Å². The van der Waals surface area contributed by atoms with Gasteiger partial charge in [-0.2, -0.15) is 0 Å². The maximum Gasteiger partial charge on any atom is 0.246 e. The van der Waals surface area contributed by atoms with Gasteiger partial charge in [0.15, 0.2) is 15.1 Å². The molecule has 1 aliphatic rings. The van der Waals surface area contributed by atoms with Crippen molar-refractivity contribution in [3.63, 3.8) is 0 Å². The molecule has 0 saturated heterocycles. The van der Waals surface area contributed by atoms with E-state index in [1.165, 1.54) is 4.90 Å². The van der Waals surface area contributed by atoms with Crippen molar-refractivity contribution in [2.24, 2.45) is 5.92 Å². The monoisotopic (exact) mass is 491 g/mol. The van der Waals surface area contributed by atoms with Crippen LogP contribution in [0.3, 0.4) is 0 Å². The van der Waals surface area contributed by atoms with Gasteiger partial charge in [-0.1, -0.05) is 66.2 Å². The predicted octanol–water partition coefficient (Wildman–Crippen LogP) is 4.54. The van der Waals surface area contributed by atoms with E-state index in [1.807, 2.05) is 61.5 Å². The highest BCUT2D eigenvalue weighted by atomic mass is 32.2. The Morgan fingerprint density at radius 2 is 1.57 bits per heavy atom. The van der Waals surface area contributed by atoms with Crippen LogP contribution in [-0.4, -0.2) is 38.2 Å². The molecule has 7 heteroatoms. The lowest BCUT2D eigenvalue weighted by Crippen LogP contribution is -2.48. The van der Waals surface area contributed by atoms with Crippen LogP contribution in [0.1, 0.15) is 16.7 Å². The third-order valence-electron chi connectivity index (χ3n) is 6.05. The van der Waals surface area contributed by atoms with Gasteiger partial charge in [-0.25, -0.2) is 8.42 Å². The van der Waals surface area contributed by atoms with Crippen LogP contribution in [0.15, 0.2) is 96.0 Å². The number of nitrogens with zero attached hydrogens (tertiary/aromatic N) is 1. The van der Waals surface area contributed by atoms with Crippen molar-refractivity contribution in [3.05, 3.63) is 108 Å². The van der Waals surface area contributed by atoms with Gasteiger partial charge in [0.1, 0.15) is 5.75 Å². The van der Waals surface area contributed by atoms with E-state index in [4.69, 9.17) is 9.47 Å². The summed E-state index contributed by atoms with van der Waals surface area (Å²) in [7, 11) is -2.36.